The average Bonchev–Trinajstić information content (AvgIpc) is 3.73. The number of rotatable bonds is 23. The number of nitrogens with zero attached hydrogens (tertiary/aromatic N) is 2. The van der Waals surface area contributed by atoms with Gasteiger partial charge in [-0.05, 0) is 63.1 Å². The van der Waals surface area contributed by atoms with E-state index in [1.165, 1.54) is 39.1 Å². The van der Waals surface area contributed by atoms with Crippen LogP contribution in [0.2, 0.25) is 0 Å². The first-order valence-corrected chi connectivity index (χ1v) is 20.6. The number of hydrogen-bond acceptors (Lipinski definition) is 13. The quantitative estimate of drug-likeness (QED) is 0.0528. The lowest BCUT2D eigenvalue weighted by atomic mass is 9.99. The summed E-state index contributed by atoms with van der Waals surface area (Å²) in [7, 11) is 0. The van der Waals surface area contributed by atoms with Crippen molar-refractivity contribution in [2.75, 3.05) is 11.6 Å². The standard InChI is InChI=1S/C38H58N12O9S/c1-18(2)12-27(49-38(59)30(19(3)4)50-34(55)22(7)44-32(53)20(5)46-37(58)28-16-60-17-43-28)36(57)47-25(8-9-29(40)51)35(56)45-21(6)33(54)48-26(31(41)52)14-23-10-11-42-24(13-23)15-39/h10-11,13,18-22,25-28,30,43H,8-9,12,14,16-17H2,1-7H3,(H2,40,51)(H2,41,52)(H,44,53)(H,45,56)(H,46,58)(H,47,57)(H,48,54)(H,49,59)(H,50,55)/t20-,21-,22-,25-,26-,27-,28-,30-/m0/s1. The number of pyridine rings is 1. The van der Waals surface area contributed by atoms with Crippen molar-refractivity contribution < 1.29 is 43.2 Å². The Morgan fingerprint density at radius 1 is 0.767 bits per heavy atom. The highest BCUT2D eigenvalue weighted by atomic mass is 32.2. The largest absolute Gasteiger partial charge is 0.370 e. The molecule has 1 saturated heterocycles. The molecule has 1 aromatic rings. The van der Waals surface area contributed by atoms with Gasteiger partial charge in [0, 0.05) is 30.7 Å². The van der Waals surface area contributed by atoms with Crippen molar-refractivity contribution in [3.05, 3.63) is 29.6 Å². The minimum atomic E-state index is -1.41. The second kappa shape index (κ2) is 24.3. The van der Waals surface area contributed by atoms with Crippen LogP contribution in [0.25, 0.3) is 0 Å². The number of amides is 9. The van der Waals surface area contributed by atoms with Gasteiger partial charge < -0.3 is 48.7 Å². The van der Waals surface area contributed by atoms with Crippen molar-refractivity contribution in [1.29, 1.82) is 5.26 Å². The molecule has 8 atom stereocenters. The van der Waals surface area contributed by atoms with Gasteiger partial charge in [-0.25, -0.2) is 4.98 Å². The van der Waals surface area contributed by atoms with Crippen LogP contribution in [0.3, 0.4) is 0 Å². The summed E-state index contributed by atoms with van der Waals surface area (Å²) >= 11 is 1.55. The van der Waals surface area contributed by atoms with Crippen molar-refractivity contribution in [1.82, 2.24) is 47.5 Å². The molecule has 1 aromatic heterocycles. The van der Waals surface area contributed by atoms with Crippen LogP contribution < -0.4 is 54.0 Å². The third-order valence-electron chi connectivity index (χ3n) is 9.23. The first-order valence-electron chi connectivity index (χ1n) is 19.5. The average molecular weight is 859 g/mol. The lowest BCUT2D eigenvalue weighted by molar-refractivity contribution is -0.136. The molecule has 22 heteroatoms. The third kappa shape index (κ3) is 16.8. The molecule has 12 N–H and O–H groups in total. The van der Waals surface area contributed by atoms with Crippen molar-refractivity contribution in [3.63, 3.8) is 0 Å². The van der Waals surface area contributed by atoms with E-state index in [2.05, 4.69) is 47.5 Å². The normalized spacial score (nSPS) is 17.0. The molecule has 0 saturated carbocycles. The summed E-state index contributed by atoms with van der Waals surface area (Å²) in [5.41, 5.74) is 11.4. The van der Waals surface area contributed by atoms with Crippen molar-refractivity contribution in [2.24, 2.45) is 23.3 Å². The van der Waals surface area contributed by atoms with Crippen LogP contribution >= 0.6 is 11.8 Å². The molecule has 2 rings (SSSR count). The summed E-state index contributed by atoms with van der Waals surface area (Å²) in [6.45, 7) is 11.1. The highest BCUT2D eigenvalue weighted by Gasteiger charge is 2.34. The number of hydrogen-bond donors (Lipinski definition) is 10. The fourth-order valence-corrected chi connectivity index (χ4v) is 6.69. The topological polar surface area (TPSA) is 339 Å². The van der Waals surface area contributed by atoms with E-state index < -0.39 is 102 Å². The molecule has 1 aliphatic rings. The zero-order valence-electron chi connectivity index (χ0n) is 34.9. The van der Waals surface area contributed by atoms with Gasteiger partial charge in [-0.2, -0.15) is 5.26 Å². The minimum Gasteiger partial charge on any atom is -0.370 e. The fraction of sp³-hybridized carbons (Fsp3) is 0.605. The lowest BCUT2D eigenvalue weighted by Gasteiger charge is -2.28. The molecule has 330 valence electrons. The minimum absolute atomic E-state index is 0.0751. The van der Waals surface area contributed by atoms with Crippen LogP contribution in [-0.4, -0.2) is 118 Å². The van der Waals surface area contributed by atoms with Gasteiger partial charge in [-0.3, -0.25) is 48.5 Å². The van der Waals surface area contributed by atoms with Crippen LogP contribution in [0.4, 0.5) is 0 Å². The summed E-state index contributed by atoms with van der Waals surface area (Å²) < 4.78 is 0. The van der Waals surface area contributed by atoms with E-state index in [1.54, 1.807) is 39.5 Å². The fourth-order valence-electron chi connectivity index (χ4n) is 5.75. The van der Waals surface area contributed by atoms with E-state index in [0.29, 0.717) is 17.2 Å². The molecular formula is C38H58N12O9S. The molecule has 1 aliphatic heterocycles. The monoisotopic (exact) mass is 858 g/mol. The van der Waals surface area contributed by atoms with Gasteiger partial charge in [0.2, 0.25) is 53.2 Å². The van der Waals surface area contributed by atoms with E-state index in [0.717, 1.165) is 0 Å². The SMILES string of the molecule is CC(C)C[C@H](NC(=O)[C@@H](NC(=O)[C@H](C)NC(=O)[C@H](C)NC(=O)[C@@H]1CSCN1)C(C)C)C(=O)N[C@@H](CCC(N)=O)C(=O)N[C@@H](C)C(=O)N[C@@H](Cc1ccnc(C#N)c1)C(N)=O. The Morgan fingerprint density at radius 3 is 1.87 bits per heavy atom. The first-order chi connectivity index (χ1) is 28.1. The lowest BCUT2D eigenvalue weighted by Crippen LogP contribution is -2.60. The summed E-state index contributed by atoms with van der Waals surface area (Å²) in [4.78, 5) is 120. The number of thioether (sulfide) groups is 1. The molecular weight excluding hydrogens is 801 g/mol. The maximum absolute atomic E-state index is 13.8. The van der Waals surface area contributed by atoms with Gasteiger partial charge in [-0.1, -0.05) is 27.7 Å². The van der Waals surface area contributed by atoms with E-state index in [-0.39, 0.29) is 43.2 Å². The van der Waals surface area contributed by atoms with Gasteiger partial charge in [0.1, 0.15) is 54.1 Å². The maximum atomic E-state index is 13.8. The van der Waals surface area contributed by atoms with E-state index in [9.17, 15) is 43.2 Å². The van der Waals surface area contributed by atoms with Gasteiger partial charge in [0.15, 0.2) is 0 Å². The molecule has 0 aromatic carbocycles. The first kappa shape index (κ1) is 50.3. The van der Waals surface area contributed by atoms with Gasteiger partial charge >= 0.3 is 0 Å². The highest BCUT2D eigenvalue weighted by Crippen LogP contribution is 2.12. The molecule has 0 unspecified atom stereocenters. The van der Waals surface area contributed by atoms with Gasteiger partial charge in [0.05, 0.1) is 6.04 Å². The summed E-state index contributed by atoms with van der Waals surface area (Å²) in [6, 6.07) is -3.98. The Morgan fingerprint density at radius 2 is 1.32 bits per heavy atom. The molecule has 9 amide bonds. The number of nitrogens with one attached hydrogen (secondary N) is 8. The Hall–Kier alpha value is -5.82. The third-order valence-corrected chi connectivity index (χ3v) is 10.2. The number of carbonyl (C=O) groups is 9. The molecule has 2 heterocycles. The van der Waals surface area contributed by atoms with Crippen molar-refractivity contribution >= 4 is 64.9 Å². The Kier molecular flexibility index (Phi) is 20.4. The van der Waals surface area contributed by atoms with Gasteiger partial charge in [0.25, 0.3) is 0 Å². The number of nitriles is 1. The van der Waals surface area contributed by atoms with E-state index in [4.69, 9.17) is 16.7 Å². The second-order valence-corrected chi connectivity index (χ2v) is 16.3. The summed E-state index contributed by atoms with van der Waals surface area (Å²) in [5, 5.41) is 30.0. The predicted molar refractivity (Wildman–Crippen MR) is 219 cm³/mol. The number of aromatic nitrogens is 1. The Labute approximate surface area is 353 Å². The molecule has 0 aliphatic carbocycles. The van der Waals surface area contributed by atoms with Crippen LogP contribution in [0.1, 0.15) is 79.0 Å². The molecule has 0 radical (unpaired) electrons. The smallest absolute Gasteiger partial charge is 0.243 e. The number of carbonyl (C=O) groups excluding carboxylic acids is 9. The van der Waals surface area contributed by atoms with Crippen LogP contribution in [0, 0.1) is 23.2 Å². The molecule has 60 heavy (non-hydrogen) atoms. The van der Waals surface area contributed by atoms with E-state index >= 15 is 0 Å². The molecule has 21 nitrogen and oxygen atoms in total. The highest BCUT2D eigenvalue weighted by molar-refractivity contribution is 7.99. The zero-order valence-corrected chi connectivity index (χ0v) is 35.7. The molecule has 1 fully saturated rings. The van der Waals surface area contributed by atoms with Crippen LogP contribution in [-0.2, 0) is 49.6 Å². The molecule has 0 bridgehead atoms. The van der Waals surface area contributed by atoms with Crippen molar-refractivity contribution in [2.45, 2.75) is 122 Å². The van der Waals surface area contributed by atoms with Crippen LogP contribution in [0.5, 0.6) is 0 Å². The van der Waals surface area contributed by atoms with Gasteiger partial charge in [-0.15, -0.1) is 11.8 Å². The van der Waals surface area contributed by atoms with E-state index in [1.807, 2.05) is 6.07 Å². The summed E-state index contributed by atoms with van der Waals surface area (Å²) in [6.07, 6.45) is 0.768. The Bertz CT molecular complexity index is 1780. The zero-order chi connectivity index (χ0) is 45.3. The van der Waals surface area contributed by atoms with Crippen LogP contribution in [0.15, 0.2) is 18.3 Å². The summed E-state index contributed by atoms with van der Waals surface area (Å²) in [5.74, 6) is -6.03. The second-order valence-electron chi connectivity index (χ2n) is 15.3. The predicted octanol–water partition coefficient (Wildman–Crippen LogP) is -2.94. The maximum Gasteiger partial charge on any atom is 0.243 e. The number of nitrogens with two attached hydrogens (primary N) is 2. The Balaban J connectivity index is 2.13. The van der Waals surface area contributed by atoms with Crippen molar-refractivity contribution in [3.8, 4) is 6.07 Å². The molecule has 0 spiro atoms. The number of primary amides is 2.